The lowest BCUT2D eigenvalue weighted by atomic mass is 9.93. The average Bonchev–Trinajstić information content (AvgIpc) is 3.34. The molecule has 9 N–H and O–H groups in total. The fourth-order valence-electron chi connectivity index (χ4n) is 4.30. The van der Waals surface area contributed by atoms with Gasteiger partial charge in [-0.05, 0) is 68.0 Å². The zero-order chi connectivity index (χ0) is 29.3. The van der Waals surface area contributed by atoms with Gasteiger partial charge < -0.3 is 37.5 Å². The van der Waals surface area contributed by atoms with Crippen LogP contribution < -0.4 is 27.8 Å². The normalized spacial score (nSPS) is 13.2. The first-order valence-electron chi connectivity index (χ1n) is 13.0. The summed E-state index contributed by atoms with van der Waals surface area (Å²) in [4.78, 5) is 34.8. The Bertz CT molecular complexity index is 1310. The average molecular weight is 551 g/mol. The Morgan fingerprint density at radius 3 is 2.48 bits per heavy atom. The third-order valence-electron chi connectivity index (χ3n) is 6.51. The molecule has 1 aromatic heterocycles. The molecule has 0 aliphatic rings. The number of hydrogen-bond acceptors (Lipinski definition) is 8. The first-order valence-corrected chi connectivity index (χ1v) is 13.0. The van der Waals surface area contributed by atoms with Crippen molar-refractivity contribution in [1.29, 1.82) is 0 Å². The van der Waals surface area contributed by atoms with Crippen LogP contribution in [0.1, 0.15) is 53.7 Å². The van der Waals surface area contributed by atoms with E-state index in [-0.39, 0.29) is 30.6 Å². The van der Waals surface area contributed by atoms with E-state index in [0.29, 0.717) is 31.6 Å². The van der Waals surface area contributed by atoms with Crippen molar-refractivity contribution in [1.82, 2.24) is 20.8 Å². The summed E-state index contributed by atoms with van der Waals surface area (Å²) in [5, 5.41) is 19.5. The lowest BCUT2D eigenvalue weighted by Gasteiger charge is -2.27. The molecule has 3 rings (SSSR count). The van der Waals surface area contributed by atoms with Crippen molar-refractivity contribution in [2.75, 3.05) is 6.54 Å². The summed E-state index contributed by atoms with van der Waals surface area (Å²) >= 11 is 0. The zero-order valence-electron chi connectivity index (χ0n) is 23.1. The predicted octanol–water partition coefficient (Wildman–Crippen LogP) is 1.10. The maximum atomic E-state index is 13.4. The molecule has 0 bridgehead atoms. The monoisotopic (exact) mass is 550 g/mol. The Kier molecular flexibility index (Phi) is 10.2. The highest BCUT2D eigenvalue weighted by atomic mass is 16.5. The van der Waals surface area contributed by atoms with E-state index >= 15 is 0 Å². The Balaban J connectivity index is 1.71. The van der Waals surface area contributed by atoms with Gasteiger partial charge in [0.1, 0.15) is 11.8 Å². The van der Waals surface area contributed by atoms with Gasteiger partial charge in [-0.3, -0.25) is 14.6 Å². The van der Waals surface area contributed by atoms with E-state index in [9.17, 15) is 14.7 Å². The molecule has 0 spiro atoms. The minimum absolute atomic E-state index is 0.0149. The van der Waals surface area contributed by atoms with Crippen LogP contribution in [0.5, 0.6) is 5.75 Å². The number of phenols is 1. The Hall–Kier alpha value is -4.45. The van der Waals surface area contributed by atoms with Gasteiger partial charge in [-0.2, -0.15) is 4.98 Å². The second kappa shape index (κ2) is 13.6. The van der Waals surface area contributed by atoms with Gasteiger partial charge in [-0.25, -0.2) is 0 Å². The quantitative estimate of drug-likeness (QED) is 0.102. The van der Waals surface area contributed by atoms with Crippen molar-refractivity contribution in [2.24, 2.45) is 22.2 Å². The standard InChI is InChI=1S/C28H38N8O4/c1-17-12-20(37)13-18(2)21(17)15-22(34-26(39)28(3,31)10-7-11-32-27(29)30)25(38)33-16-24-35-23(36-40-24)14-19-8-5-4-6-9-19/h4-6,8-9,12-13,22,37H,7,10-11,14-16,31H2,1-3H3,(H,33,38)(H,34,39)(H4,29,30,32)/t22-,28?/m1/s1. The number of nitrogens with one attached hydrogen (secondary N) is 2. The number of guanidine groups is 1. The molecule has 214 valence electrons. The van der Waals surface area contributed by atoms with Crippen molar-refractivity contribution in [3.05, 3.63) is 76.4 Å². The van der Waals surface area contributed by atoms with Crippen molar-refractivity contribution in [3.63, 3.8) is 0 Å². The largest absolute Gasteiger partial charge is 0.508 e. The predicted molar refractivity (Wildman–Crippen MR) is 151 cm³/mol. The van der Waals surface area contributed by atoms with Crippen molar-refractivity contribution >= 4 is 17.8 Å². The highest BCUT2D eigenvalue weighted by Gasteiger charge is 2.32. The van der Waals surface area contributed by atoms with Crippen LogP contribution in [-0.4, -0.2) is 51.1 Å². The molecular weight excluding hydrogens is 512 g/mol. The molecule has 1 heterocycles. The number of nitrogens with zero attached hydrogens (tertiary/aromatic N) is 3. The lowest BCUT2D eigenvalue weighted by Crippen LogP contribution is -2.57. The molecular formula is C28H38N8O4. The van der Waals surface area contributed by atoms with Crippen LogP contribution in [0.2, 0.25) is 0 Å². The molecule has 2 atom stereocenters. The van der Waals surface area contributed by atoms with Crippen molar-refractivity contribution < 1.29 is 19.2 Å². The summed E-state index contributed by atoms with van der Waals surface area (Å²) in [7, 11) is 0. The van der Waals surface area contributed by atoms with Crippen LogP contribution in [0.4, 0.5) is 0 Å². The van der Waals surface area contributed by atoms with E-state index in [1.165, 1.54) is 0 Å². The van der Waals surface area contributed by atoms with Gasteiger partial charge in [0, 0.05) is 19.4 Å². The summed E-state index contributed by atoms with van der Waals surface area (Å²) in [5.74, 6) is -0.108. The number of nitrogens with two attached hydrogens (primary N) is 3. The molecule has 1 unspecified atom stereocenters. The number of aromatic hydroxyl groups is 1. The van der Waals surface area contributed by atoms with Crippen LogP contribution in [0, 0.1) is 13.8 Å². The van der Waals surface area contributed by atoms with E-state index in [2.05, 4.69) is 25.8 Å². The third-order valence-corrected chi connectivity index (χ3v) is 6.51. The van der Waals surface area contributed by atoms with Gasteiger partial charge in [-0.1, -0.05) is 35.5 Å². The van der Waals surface area contributed by atoms with Gasteiger partial charge in [0.2, 0.25) is 17.7 Å². The maximum Gasteiger partial charge on any atom is 0.246 e. The lowest BCUT2D eigenvalue weighted by molar-refractivity contribution is -0.131. The maximum absolute atomic E-state index is 13.4. The summed E-state index contributed by atoms with van der Waals surface area (Å²) in [6, 6.07) is 12.0. The van der Waals surface area contributed by atoms with Gasteiger partial charge in [-0.15, -0.1) is 0 Å². The van der Waals surface area contributed by atoms with Crippen molar-refractivity contribution in [3.8, 4) is 5.75 Å². The summed E-state index contributed by atoms with van der Waals surface area (Å²) in [6.07, 6.45) is 1.46. The minimum Gasteiger partial charge on any atom is -0.508 e. The molecule has 40 heavy (non-hydrogen) atoms. The molecule has 0 saturated carbocycles. The fourth-order valence-corrected chi connectivity index (χ4v) is 4.30. The number of aliphatic imine (C=N–C) groups is 1. The number of benzene rings is 2. The summed E-state index contributed by atoms with van der Waals surface area (Å²) in [5.41, 5.74) is 19.2. The molecule has 12 nitrogen and oxygen atoms in total. The van der Waals surface area contributed by atoms with E-state index in [1.807, 2.05) is 44.2 Å². The van der Waals surface area contributed by atoms with Crippen LogP contribution >= 0.6 is 0 Å². The molecule has 0 fully saturated rings. The molecule has 12 heteroatoms. The third kappa shape index (κ3) is 8.80. The highest BCUT2D eigenvalue weighted by molar-refractivity contribution is 5.92. The number of rotatable bonds is 13. The van der Waals surface area contributed by atoms with Gasteiger partial charge in [0.15, 0.2) is 11.8 Å². The van der Waals surface area contributed by atoms with Crippen molar-refractivity contribution in [2.45, 2.75) is 64.6 Å². The van der Waals surface area contributed by atoms with E-state index in [1.54, 1.807) is 19.1 Å². The number of aryl methyl sites for hydroxylation is 2. The molecule has 0 saturated heterocycles. The smallest absolute Gasteiger partial charge is 0.246 e. The number of carbonyl (C=O) groups excluding carboxylic acids is 2. The number of aromatic nitrogens is 2. The Labute approximate surface area is 233 Å². The van der Waals surface area contributed by atoms with Gasteiger partial charge in [0.25, 0.3) is 0 Å². The van der Waals surface area contributed by atoms with Gasteiger partial charge in [0.05, 0.1) is 12.1 Å². The van der Waals surface area contributed by atoms with Crippen LogP contribution in [0.25, 0.3) is 0 Å². The number of phenolic OH excluding ortho intramolecular Hbond substituents is 1. The number of carbonyl (C=O) groups is 2. The SMILES string of the molecule is Cc1cc(O)cc(C)c1C[C@@H](NC(=O)C(C)(N)CCCN=C(N)N)C(=O)NCc1nc(Cc2ccccc2)no1. The van der Waals surface area contributed by atoms with Crippen LogP contribution in [-0.2, 0) is 29.0 Å². The highest BCUT2D eigenvalue weighted by Crippen LogP contribution is 2.22. The van der Waals surface area contributed by atoms with Gasteiger partial charge >= 0.3 is 0 Å². The Morgan fingerprint density at radius 1 is 1.15 bits per heavy atom. The molecule has 0 aliphatic carbocycles. The second-order valence-corrected chi connectivity index (χ2v) is 10.1. The summed E-state index contributed by atoms with van der Waals surface area (Å²) < 4.78 is 5.30. The van der Waals surface area contributed by atoms with Crippen LogP contribution in [0.3, 0.4) is 0 Å². The van der Waals surface area contributed by atoms with E-state index < -0.39 is 23.4 Å². The number of hydrogen-bond donors (Lipinski definition) is 6. The molecule has 0 aliphatic heterocycles. The minimum atomic E-state index is -1.27. The molecule has 3 aromatic rings. The van der Waals surface area contributed by atoms with Crippen LogP contribution in [0.15, 0.2) is 52.0 Å². The van der Waals surface area contributed by atoms with E-state index in [0.717, 1.165) is 22.3 Å². The van der Waals surface area contributed by atoms with E-state index in [4.69, 9.17) is 21.7 Å². The molecule has 2 amide bonds. The zero-order valence-corrected chi connectivity index (χ0v) is 23.1. The Morgan fingerprint density at radius 2 is 1.82 bits per heavy atom. The first-order chi connectivity index (χ1) is 18.9. The first kappa shape index (κ1) is 30.1. The second-order valence-electron chi connectivity index (χ2n) is 10.1. The fraction of sp³-hybridized carbons (Fsp3) is 0.393. The molecule has 0 radical (unpaired) electrons. The topological polar surface area (TPSA) is 208 Å². The number of amides is 2. The summed E-state index contributed by atoms with van der Waals surface area (Å²) in [6.45, 7) is 5.58. The molecule has 2 aromatic carbocycles.